The van der Waals surface area contributed by atoms with Crippen LogP contribution in [0.25, 0.3) is 44.4 Å². The van der Waals surface area contributed by atoms with Gasteiger partial charge in [0.05, 0.1) is 22.1 Å². The molecule has 1 fully saturated rings. The molecule has 0 atom stereocenters. The lowest BCUT2D eigenvalue weighted by molar-refractivity contribution is 0.271. The summed E-state index contributed by atoms with van der Waals surface area (Å²) in [5.41, 5.74) is 5.77. The quantitative estimate of drug-likeness (QED) is 0.328. The van der Waals surface area contributed by atoms with E-state index >= 15 is 0 Å². The van der Waals surface area contributed by atoms with Crippen molar-refractivity contribution in [1.82, 2.24) is 30.0 Å². The molecule has 3 aromatic heterocycles. The minimum absolute atomic E-state index is 0.732. The van der Waals surface area contributed by atoms with Gasteiger partial charge in [0.2, 0.25) is 0 Å². The van der Waals surface area contributed by atoms with E-state index in [2.05, 4.69) is 55.1 Å². The second-order valence-corrected chi connectivity index (χ2v) is 9.45. The maximum absolute atomic E-state index is 6.19. The monoisotopic (exact) mass is 489 g/mol. The molecular weight excluding hydrogens is 462 g/mol. The Bertz CT molecular complexity index is 1730. The van der Waals surface area contributed by atoms with Crippen LogP contribution in [0.3, 0.4) is 0 Å². The van der Waals surface area contributed by atoms with Gasteiger partial charge in [-0.1, -0.05) is 13.0 Å². The Morgan fingerprint density at radius 3 is 2.62 bits per heavy atom. The minimum Gasteiger partial charge on any atom is -0.457 e. The van der Waals surface area contributed by atoms with Gasteiger partial charge in [0, 0.05) is 54.9 Å². The van der Waals surface area contributed by atoms with Crippen molar-refractivity contribution in [2.75, 3.05) is 37.6 Å². The molecule has 0 aliphatic carbocycles. The molecule has 1 saturated heterocycles. The van der Waals surface area contributed by atoms with Crippen LogP contribution in [-0.4, -0.2) is 62.8 Å². The van der Waals surface area contributed by atoms with Crippen LogP contribution >= 0.6 is 0 Å². The van der Waals surface area contributed by atoms with Crippen molar-refractivity contribution in [1.29, 1.82) is 0 Å². The Labute approximate surface area is 213 Å². The van der Waals surface area contributed by atoms with E-state index in [4.69, 9.17) is 9.72 Å². The number of nitrogens with zero attached hydrogens (tertiary/aromatic N) is 5. The highest BCUT2D eigenvalue weighted by atomic mass is 16.5. The van der Waals surface area contributed by atoms with E-state index in [9.17, 15) is 0 Å². The number of H-pyrrole nitrogens is 2. The number of hydrogen-bond donors (Lipinski definition) is 2. The number of likely N-dealkylation sites (N-methyl/N-ethyl adjacent to an activating group) is 1. The van der Waals surface area contributed by atoms with E-state index in [1.807, 2.05) is 48.5 Å². The first-order valence-electron chi connectivity index (χ1n) is 12.7. The summed E-state index contributed by atoms with van der Waals surface area (Å²) in [6.45, 7) is 7.62. The van der Waals surface area contributed by atoms with Crippen molar-refractivity contribution in [3.8, 4) is 23.0 Å². The molecule has 1 aliphatic heterocycles. The van der Waals surface area contributed by atoms with Crippen molar-refractivity contribution in [3.05, 3.63) is 72.9 Å². The summed E-state index contributed by atoms with van der Waals surface area (Å²) >= 11 is 0. The summed E-state index contributed by atoms with van der Waals surface area (Å²) in [5.74, 6) is 2.21. The summed E-state index contributed by atoms with van der Waals surface area (Å²) in [7, 11) is 0. The molecule has 184 valence electrons. The first-order valence-corrected chi connectivity index (χ1v) is 12.7. The lowest BCUT2D eigenvalue weighted by Gasteiger charge is -2.35. The normalized spacial score (nSPS) is 14.7. The van der Waals surface area contributed by atoms with Crippen LogP contribution in [0, 0.1) is 0 Å². The fraction of sp³-hybridized carbons (Fsp3) is 0.207. The Balaban J connectivity index is 1.18. The largest absolute Gasteiger partial charge is 0.457 e. The van der Waals surface area contributed by atoms with Crippen molar-refractivity contribution < 1.29 is 4.74 Å². The highest BCUT2D eigenvalue weighted by molar-refractivity contribution is 5.94. The summed E-state index contributed by atoms with van der Waals surface area (Å²) in [5, 5.41) is 9.74. The zero-order valence-corrected chi connectivity index (χ0v) is 20.6. The smallest absolute Gasteiger partial charge is 0.159 e. The molecule has 0 radical (unpaired) electrons. The molecule has 0 amide bonds. The molecule has 0 bridgehead atoms. The lowest BCUT2D eigenvalue weighted by atomic mass is 10.2. The van der Waals surface area contributed by atoms with Crippen LogP contribution in [0.15, 0.2) is 72.9 Å². The van der Waals surface area contributed by atoms with Gasteiger partial charge in [-0.2, -0.15) is 5.10 Å². The second-order valence-electron chi connectivity index (χ2n) is 9.45. The molecule has 37 heavy (non-hydrogen) atoms. The number of nitrogens with one attached hydrogen (secondary N) is 2. The van der Waals surface area contributed by atoms with Gasteiger partial charge in [0.1, 0.15) is 17.2 Å². The number of aromatic amines is 2. The van der Waals surface area contributed by atoms with Gasteiger partial charge < -0.3 is 19.5 Å². The number of fused-ring (bicyclic) bond motifs is 3. The van der Waals surface area contributed by atoms with E-state index in [1.54, 1.807) is 6.20 Å². The Hall–Kier alpha value is -4.43. The standard InChI is InChI=1S/C29H27N7O/c1-2-35-12-14-36(15-13-35)20-6-9-25-27(16-20)32-29(31-25)28-23-17-21(8-10-24(23)33-34-28)37-22-7-5-19-4-3-11-30-26(19)18-22/h3-11,16-18H,2,12-15H2,1H3,(H,31,32)(H,33,34). The Morgan fingerprint density at radius 1 is 0.865 bits per heavy atom. The van der Waals surface area contributed by atoms with E-state index in [0.29, 0.717) is 0 Å². The molecule has 1 aliphatic rings. The van der Waals surface area contributed by atoms with Gasteiger partial charge in [-0.25, -0.2) is 4.98 Å². The van der Waals surface area contributed by atoms with Crippen LogP contribution in [0.1, 0.15) is 6.92 Å². The maximum Gasteiger partial charge on any atom is 0.159 e. The van der Waals surface area contributed by atoms with E-state index in [1.165, 1.54) is 5.69 Å². The lowest BCUT2D eigenvalue weighted by Crippen LogP contribution is -2.46. The zero-order chi connectivity index (χ0) is 24.8. The highest BCUT2D eigenvalue weighted by Gasteiger charge is 2.18. The van der Waals surface area contributed by atoms with Gasteiger partial charge in [-0.05, 0) is 61.1 Å². The molecule has 0 unspecified atom stereocenters. The van der Waals surface area contributed by atoms with Gasteiger partial charge in [-0.15, -0.1) is 0 Å². The number of rotatable bonds is 5. The van der Waals surface area contributed by atoms with Crippen molar-refractivity contribution >= 4 is 38.5 Å². The van der Waals surface area contributed by atoms with Crippen molar-refractivity contribution in [2.45, 2.75) is 6.92 Å². The zero-order valence-electron chi connectivity index (χ0n) is 20.6. The third kappa shape index (κ3) is 4.05. The SMILES string of the molecule is CCN1CCN(c2ccc3nc(-c4n[nH]c5ccc(Oc6ccc7cccnc7c6)cc45)[nH]c3c2)CC1. The fourth-order valence-electron chi connectivity index (χ4n) is 5.11. The van der Waals surface area contributed by atoms with E-state index in [-0.39, 0.29) is 0 Å². The van der Waals surface area contributed by atoms with Gasteiger partial charge in [0.15, 0.2) is 5.82 Å². The van der Waals surface area contributed by atoms with Crippen molar-refractivity contribution in [3.63, 3.8) is 0 Å². The third-order valence-electron chi connectivity index (χ3n) is 7.22. The van der Waals surface area contributed by atoms with Gasteiger partial charge in [0.25, 0.3) is 0 Å². The number of aromatic nitrogens is 5. The van der Waals surface area contributed by atoms with Crippen LogP contribution < -0.4 is 9.64 Å². The number of pyridine rings is 1. The molecule has 4 heterocycles. The Morgan fingerprint density at radius 2 is 1.73 bits per heavy atom. The predicted molar refractivity (Wildman–Crippen MR) is 147 cm³/mol. The number of anilines is 1. The van der Waals surface area contributed by atoms with Crippen LogP contribution in [0.5, 0.6) is 11.5 Å². The van der Waals surface area contributed by atoms with Crippen molar-refractivity contribution in [2.24, 2.45) is 0 Å². The summed E-state index contributed by atoms with van der Waals surface area (Å²) in [6, 6.07) is 22.3. The summed E-state index contributed by atoms with van der Waals surface area (Å²) < 4.78 is 6.19. The highest BCUT2D eigenvalue weighted by Crippen LogP contribution is 2.32. The topological polar surface area (TPSA) is 86.0 Å². The molecule has 3 aromatic carbocycles. The number of benzene rings is 3. The average Bonchev–Trinajstić information content (AvgIpc) is 3.56. The van der Waals surface area contributed by atoms with Crippen LogP contribution in [0.4, 0.5) is 5.69 Å². The maximum atomic E-state index is 6.19. The van der Waals surface area contributed by atoms with E-state index in [0.717, 1.165) is 88.6 Å². The summed E-state index contributed by atoms with van der Waals surface area (Å²) in [4.78, 5) is 17.7. The van der Waals surface area contributed by atoms with Gasteiger partial charge >= 0.3 is 0 Å². The first-order chi connectivity index (χ1) is 18.2. The second kappa shape index (κ2) is 8.90. The predicted octanol–water partition coefficient (Wildman–Crippen LogP) is 5.59. The average molecular weight is 490 g/mol. The van der Waals surface area contributed by atoms with Crippen LogP contribution in [-0.2, 0) is 0 Å². The van der Waals surface area contributed by atoms with E-state index < -0.39 is 0 Å². The fourth-order valence-corrected chi connectivity index (χ4v) is 5.11. The number of hydrogen-bond acceptors (Lipinski definition) is 6. The molecule has 0 spiro atoms. The molecule has 8 nitrogen and oxygen atoms in total. The van der Waals surface area contributed by atoms with Crippen LogP contribution in [0.2, 0.25) is 0 Å². The minimum atomic E-state index is 0.732. The molecule has 6 aromatic rings. The molecule has 0 saturated carbocycles. The van der Waals surface area contributed by atoms with Gasteiger partial charge in [-0.3, -0.25) is 10.1 Å². The number of piperazine rings is 1. The number of ether oxygens (including phenoxy) is 1. The Kier molecular flexibility index (Phi) is 5.25. The third-order valence-corrected chi connectivity index (χ3v) is 7.22. The summed E-state index contributed by atoms with van der Waals surface area (Å²) in [6.07, 6.45) is 1.79. The molecule has 2 N–H and O–H groups in total. The molecule has 8 heteroatoms. The first kappa shape index (κ1) is 21.8. The number of imidazole rings is 1. The molecule has 7 rings (SSSR count). The molecular formula is C29H27N7O.